The Hall–Kier alpha value is -1.16. The van der Waals surface area contributed by atoms with E-state index in [1.165, 1.54) is 15.4 Å². The Labute approximate surface area is 122 Å². The fourth-order valence-corrected chi connectivity index (χ4v) is 3.26. The summed E-state index contributed by atoms with van der Waals surface area (Å²) in [6.45, 7) is 0.208. The second-order valence-electron chi connectivity index (χ2n) is 3.86. The fourth-order valence-electron chi connectivity index (χ4n) is 1.56. The van der Waals surface area contributed by atoms with E-state index in [0.717, 1.165) is 5.75 Å². The van der Waals surface area contributed by atoms with Gasteiger partial charge in [-0.25, -0.2) is 0 Å². The Morgan fingerprint density at radius 1 is 0.947 bits per heavy atom. The number of thioether (sulfide) groups is 2. The van der Waals surface area contributed by atoms with Gasteiger partial charge in [-0.15, -0.1) is 11.8 Å². The van der Waals surface area contributed by atoms with Gasteiger partial charge in [-0.05, 0) is 23.1 Å². The average molecular weight is 288 g/mol. The first kappa shape index (κ1) is 14.3. The largest absolute Gasteiger partial charge is 0.396 e. The molecule has 0 heterocycles. The van der Waals surface area contributed by atoms with E-state index < -0.39 is 0 Å². The molecule has 0 spiro atoms. The maximum absolute atomic E-state index is 8.88. The molecule has 3 heteroatoms. The molecule has 0 aliphatic heterocycles. The van der Waals surface area contributed by atoms with Gasteiger partial charge in [-0.3, -0.25) is 0 Å². The molecule has 0 fully saturated rings. The standard InChI is InChI=1S/C16H16OS2/c17-11-12-18-13-16(14-7-3-1-4-8-14)19-15-9-5-2-6-10-15/h1-10,13,17H,11-12H2/b16-13-. The van der Waals surface area contributed by atoms with Gasteiger partial charge in [-0.2, -0.15) is 0 Å². The second-order valence-corrected chi connectivity index (χ2v) is 5.95. The van der Waals surface area contributed by atoms with E-state index >= 15 is 0 Å². The average Bonchev–Trinajstić information content (AvgIpc) is 2.48. The van der Waals surface area contributed by atoms with Crippen molar-refractivity contribution in [3.63, 3.8) is 0 Å². The highest BCUT2D eigenvalue weighted by Crippen LogP contribution is 2.35. The van der Waals surface area contributed by atoms with Crippen LogP contribution in [0.5, 0.6) is 0 Å². The third-order valence-electron chi connectivity index (χ3n) is 2.43. The summed E-state index contributed by atoms with van der Waals surface area (Å²) in [6.07, 6.45) is 0. The zero-order valence-corrected chi connectivity index (χ0v) is 12.2. The highest BCUT2D eigenvalue weighted by molar-refractivity contribution is 8.10. The van der Waals surface area contributed by atoms with E-state index in [9.17, 15) is 0 Å². The number of benzene rings is 2. The molecule has 1 N–H and O–H groups in total. The SMILES string of the molecule is OCCS/C=C(\Sc1ccccc1)c1ccccc1. The van der Waals surface area contributed by atoms with Crippen LogP contribution in [-0.2, 0) is 0 Å². The summed E-state index contributed by atoms with van der Waals surface area (Å²) in [5.74, 6) is 0.728. The van der Waals surface area contributed by atoms with Crippen LogP contribution in [0.1, 0.15) is 5.56 Å². The summed E-state index contributed by atoms with van der Waals surface area (Å²) >= 11 is 3.39. The Morgan fingerprint density at radius 2 is 1.58 bits per heavy atom. The number of aliphatic hydroxyl groups is 1. The maximum Gasteiger partial charge on any atom is 0.0525 e. The summed E-state index contributed by atoms with van der Waals surface area (Å²) in [7, 11) is 0. The molecule has 2 aromatic rings. The van der Waals surface area contributed by atoms with Gasteiger partial charge in [0.25, 0.3) is 0 Å². The van der Waals surface area contributed by atoms with Crippen LogP contribution in [-0.4, -0.2) is 17.5 Å². The van der Waals surface area contributed by atoms with E-state index in [1.807, 2.05) is 36.4 Å². The van der Waals surface area contributed by atoms with Gasteiger partial charge in [0.05, 0.1) is 6.61 Å². The van der Waals surface area contributed by atoms with Crippen LogP contribution in [0.3, 0.4) is 0 Å². The van der Waals surface area contributed by atoms with E-state index in [4.69, 9.17) is 5.11 Å². The molecular weight excluding hydrogens is 272 g/mol. The Balaban J connectivity index is 2.17. The molecule has 0 saturated carbocycles. The summed E-state index contributed by atoms with van der Waals surface area (Å²) < 4.78 is 0. The zero-order chi connectivity index (χ0) is 13.3. The number of aliphatic hydroxyl groups excluding tert-OH is 1. The lowest BCUT2D eigenvalue weighted by atomic mass is 10.2. The van der Waals surface area contributed by atoms with Crippen molar-refractivity contribution in [2.45, 2.75) is 4.90 Å². The molecule has 2 aromatic carbocycles. The Bertz CT molecular complexity index is 509. The normalized spacial score (nSPS) is 11.5. The van der Waals surface area contributed by atoms with Crippen LogP contribution in [0.15, 0.2) is 71.0 Å². The zero-order valence-electron chi connectivity index (χ0n) is 10.5. The predicted molar refractivity (Wildman–Crippen MR) is 86.3 cm³/mol. The molecule has 0 aliphatic rings. The van der Waals surface area contributed by atoms with Gasteiger partial charge in [0, 0.05) is 15.6 Å². The quantitative estimate of drug-likeness (QED) is 0.624. The van der Waals surface area contributed by atoms with Gasteiger partial charge in [0.15, 0.2) is 0 Å². The van der Waals surface area contributed by atoms with E-state index in [1.54, 1.807) is 23.5 Å². The van der Waals surface area contributed by atoms with Crippen molar-refractivity contribution >= 4 is 28.4 Å². The van der Waals surface area contributed by atoms with Crippen molar-refractivity contribution in [3.05, 3.63) is 71.6 Å². The predicted octanol–water partition coefficient (Wildman–Crippen LogP) is 4.50. The summed E-state index contributed by atoms with van der Waals surface area (Å²) in [5.41, 5.74) is 1.21. The molecule has 0 amide bonds. The first-order valence-electron chi connectivity index (χ1n) is 6.11. The fraction of sp³-hybridized carbons (Fsp3) is 0.125. The van der Waals surface area contributed by atoms with Crippen LogP contribution in [0.4, 0.5) is 0 Å². The highest BCUT2D eigenvalue weighted by atomic mass is 32.2. The van der Waals surface area contributed by atoms with Gasteiger partial charge in [-0.1, -0.05) is 60.3 Å². The Kier molecular flexibility index (Phi) is 6.08. The van der Waals surface area contributed by atoms with E-state index in [0.29, 0.717) is 0 Å². The molecule has 0 bridgehead atoms. The third kappa shape index (κ3) is 4.78. The molecule has 19 heavy (non-hydrogen) atoms. The summed E-state index contributed by atoms with van der Waals surface area (Å²) in [5, 5.41) is 11.0. The van der Waals surface area contributed by atoms with Crippen molar-refractivity contribution in [1.82, 2.24) is 0 Å². The van der Waals surface area contributed by atoms with E-state index in [2.05, 4.69) is 29.7 Å². The molecule has 1 nitrogen and oxygen atoms in total. The lowest BCUT2D eigenvalue weighted by molar-refractivity contribution is 0.322. The van der Waals surface area contributed by atoms with Crippen molar-refractivity contribution in [3.8, 4) is 0 Å². The third-order valence-corrected chi connectivity index (χ3v) is 4.48. The molecule has 2 rings (SSSR count). The molecule has 98 valence electrons. The van der Waals surface area contributed by atoms with Crippen molar-refractivity contribution in [1.29, 1.82) is 0 Å². The van der Waals surface area contributed by atoms with Crippen molar-refractivity contribution < 1.29 is 5.11 Å². The summed E-state index contributed by atoms with van der Waals surface area (Å²) in [6, 6.07) is 20.7. The lowest BCUT2D eigenvalue weighted by Crippen LogP contribution is -1.84. The number of hydrogen-bond donors (Lipinski definition) is 1. The summed E-state index contributed by atoms with van der Waals surface area (Å²) in [4.78, 5) is 2.44. The molecule has 0 aromatic heterocycles. The molecule has 0 aliphatic carbocycles. The van der Waals surface area contributed by atoms with Crippen LogP contribution in [0, 0.1) is 0 Å². The molecule has 0 radical (unpaired) electrons. The van der Waals surface area contributed by atoms with Crippen LogP contribution < -0.4 is 0 Å². The minimum atomic E-state index is 0.208. The number of hydrogen-bond acceptors (Lipinski definition) is 3. The van der Waals surface area contributed by atoms with Gasteiger partial charge >= 0.3 is 0 Å². The number of rotatable bonds is 6. The highest BCUT2D eigenvalue weighted by Gasteiger charge is 2.03. The van der Waals surface area contributed by atoms with Gasteiger partial charge in [0.2, 0.25) is 0 Å². The van der Waals surface area contributed by atoms with Crippen molar-refractivity contribution in [2.75, 3.05) is 12.4 Å². The molecule has 0 atom stereocenters. The van der Waals surface area contributed by atoms with Crippen molar-refractivity contribution in [2.24, 2.45) is 0 Å². The minimum Gasteiger partial charge on any atom is -0.396 e. The Morgan fingerprint density at radius 3 is 2.21 bits per heavy atom. The first-order valence-corrected chi connectivity index (χ1v) is 7.97. The minimum absolute atomic E-state index is 0.208. The molecule has 0 saturated heterocycles. The lowest BCUT2D eigenvalue weighted by Gasteiger charge is -2.07. The molecular formula is C16H16OS2. The van der Waals surface area contributed by atoms with Crippen LogP contribution >= 0.6 is 23.5 Å². The van der Waals surface area contributed by atoms with E-state index in [-0.39, 0.29) is 6.61 Å². The smallest absolute Gasteiger partial charge is 0.0525 e. The van der Waals surface area contributed by atoms with Crippen LogP contribution in [0.25, 0.3) is 4.91 Å². The van der Waals surface area contributed by atoms with Crippen LogP contribution in [0.2, 0.25) is 0 Å². The van der Waals surface area contributed by atoms with Gasteiger partial charge < -0.3 is 5.11 Å². The molecule has 0 unspecified atom stereocenters. The monoisotopic (exact) mass is 288 g/mol. The first-order chi connectivity index (χ1) is 9.40. The van der Waals surface area contributed by atoms with Gasteiger partial charge in [0.1, 0.15) is 0 Å². The second kappa shape index (κ2) is 8.10. The maximum atomic E-state index is 8.88. The topological polar surface area (TPSA) is 20.2 Å².